The number of fused-ring (bicyclic) bond motifs is 2. The highest BCUT2D eigenvalue weighted by Gasteiger charge is 2.40. The van der Waals surface area contributed by atoms with E-state index in [-0.39, 0.29) is 11.7 Å². The lowest BCUT2D eigenvalue weighted by molar-refractivity contribution is 0.117. The van der Waals surface area contributed by atoms with Gasteiger partial charge in [0.25, 0.3) is 0 Å². The first-order chi connectivity index (χ1) is 32.3. The summed E-state index contributed by atoms with van der Waals surface area (Å²) in [4.78, 5) is 0. The summed E-state index contributed by atoms with van der Waals surface area (Å²) in [6.07, 6.45) is -0.282. The predicted octanol–water partition coefficient (Wildman–Crippen LogP) is 13.7. The molecule has 2 N–H and O–H groups in total. The molecule has 10 rings (SSSR count). The van der Waals surface area contributed by atoms with Crippen LogP contribution >= 0.6 is 0 Å². The van der Waals surface area contributed by atoms with Gasteiger partial charge in [-0.1, -0.05) is 109 Å². The fourth-order valence-electron chi connectivity index (χ4n) is 9.79. The topological polar surface area (TPSA) is 77.4 Å². The molecule has 1 aliphatic carbocycles. The summed E-state index contributed by atoms with van der Waals surface area (Å²) >= 11 is 0. The van der Waals surface area contributed by atoms with E-state index in [0.717, 1.165) is 101 Å². The Kier molecular flexibility index (Phi) is 11.5. The minimum absolute atomic E-state index is 0.145. The maximum Gasteiger partial charge on any atom is 0.127 e. The molecule has 9 aromatic rings. The molecule has 1 unspecified atom stereocenters. The van der Waals surface area contributed by atoms with Crippen molar-refractivity contribution in [2.45, 2.75) is 24.4 Å². The summed E-state index contributed by atoms with van der Waals surface area (Å²) in [5, 5.41) is 28.1. The second kappa shape index (κ2) is 18.0. The number of hydrogen-bond donors (Lipinski definition) is 2. The molecule has 0 amide bonds. The normalized spacial score (nSPS) is 15.5. The average molecular weight is 867 g/mol. The Morgan fingerprint density at radius 1 is 0.424 bits per heavy atom. The molecule has 66 heavy (non-hydrogen) atoms. The minimum atomic E-state index is -0.903. The summed E-state index contributed by atoms with van der Waals surface area (Å²) < 4.78 is 22.0. The van der Waals surface area contributed by atoms with E-state index in [2.05, 4.69) is 121 Å². The number of phenols is 1. The number of phenolic OH excluding ortho intramolecular Hbond substituents is 1. The van der Waals surface area contributed by atoms with Crippen molar-refractivity contribution in [3.8, 4) is 84.4 Å². The Labute approximate surface area is 385 Å². The first kappa shape index (κ1) is 42.2. The van der Waals surface area contributed by atoms with Crippen LogP contribution in [0, 0.1) is 0 Å². The second-order valence-electron chi connectivity index (χ2n) is 16.9. The third-order valence-electron chi connectivity index (χ3n) is 13.3. The molecular weight excluding hydrogens is 817 g/mol. The van der Waals surface area contributed by atoms with Gasteiger partial charge in [0.1, 0.15) is 28.7 Å². The molecule has 0 radical (unpaired) electrons. The monoisotopic (exact) mass is 866 g/mol. The third kappa shape index (κ3) is 8.01. The third-order valence-corrected chi connectivity index (χ3v) is 13.3. The fourth-order valence-corrected chi connectivity index (χ4v) is 9.79. The Morgan fingerprint density at radius 3 is 1.30 bits per heavy atom. The van der Waals surface area contributed by atoms with Crippen molar-refractivity contribution in [1.82, 2.24) is 0 Å². The zero-order chi connectivity index (χ0) is 45.3. The smallest absolute Gasteiger partial charge is 0.127 e. The molecule has 6 nitrogen and oxygen atoms in total. The molecule has 0 bridgehead atoms. The number of benzene rings is 9. The minimum Gasteiger partial charge on any atom is -0.507 e. The highest BCUT2D eigenvalue weighted by Crippen LogP contribution is 2.52. The second-order valence-corrected chi connectivity index (χ2v) is 16.9. The van der Waals surface area contributed by atoms with E-state index in [1.165, 1.54) is 0 Å². The van der Waals surface area contributed by atoms with Gasteiger partial charge in [0.05, 0.1) is 34.5 Å². The number of rotatable bonds is 11. The number of aromatic hydroxyl groups is 1. The lowest BCUT2D eigenvalue weighted by Crippen LogP contribution is -2.34. The lowest BCUT2D eigenvalue weighted by Gasteiger charge is -2.38. The molecule has 9 aromatic carbocycles. The van der Waals surface area contributed by atoms with Crippen LogP contribution in [0.5, 0.6) is 28.7 Å². The van der Waals surface area contributed by atoms with Gasteiger partial charge in [0.2, 0.25) is 0 Å². The Morgan fingerprint density at radius 2 is 0.833 bits per heavy atom. The van der Waals surface area contributed by atoms with Gasteiger partial charge in [-0.15, -0.1) is 0 Å². The molecule has 1 aliphatic rings. The number of hydrogen-bond acceptors (Lipinski definition) is 6. The van der Waals surface area contributed by atoms with Crippen LogP contribution in [0.1, 0.15) is 34.1 Å². The summed E-state index contributed by atoms with van der Waals surface area (Å²) in [6, 6.07) is 64.0. The zero-order valence-corrected chi connectivity index (χ0v) is 37.4. The maximum atomic E-state index is 13.2. The van der Waals surface area contributed by atoms with Gasteiger partial charge in [-0.05, 0) is 163 Å². The van der Waals surface area contributed by atoms with E-state index in [1.807, 2.05) is 66.7 Å². The van der Waals surface area contributed by atoms with Crippen molar-refractivity contribution in [2.75, 3.05) is 28.4 Å². The molecule has 6 heteroatoms. The molecule has 0 spiro atoms. The van der Waals surface area contributed by atoms with Crippen LogP contribution in [0.4, 0.5) is 0 Å². The predicted molar refractivity (Wildman–Crippen MR) is 266 cm³/mol. The lowest BCUT2D eigenvalue weighted by atomic mass is 9.68. The van der Waals surface area contributed by atoms with Crippen molar-refractivity contribution in [3.63, 3.8) is 0 Å². The first-order valence-electron chi connectivity index (χ1n) is 22.2. The highest BCUT2D eigenvalue weighted by molar-refractivity contribution is 5.96. The average Bonchev–Trinajstić information content (AvgIpc) is 3.38. The van der Waals surface area contributed by atoms with E-state index in [9.17, 15) is 10.2 Å². The van der Waals surface area contributed by atoms with Crippen LogP contribution in [-0.2, 0) is 6.42 Å². The number of methoxy groups -OCH3 is 4. The molecule has 326 valence electrons. The number of ether oxygens (including phenoxy) is 4. The van der Waals surface area contributed by atoms with Crippen LogP contribution in [0.25, 0.3) is 66.4 Å². The largest absolute Gasteiger partial charge is 0.507 e. The molecule has 0 heterocycles. The van der Waals surface area contributed by atoms with Crippen LogP contribution in [0.3, 0.4) is 0 Å². The van der Waals surface area contributed by atoms with E-state index in [4.69, 9.17) is 18.9 Å². The Balaban J connectivity index is 1.16. The maximum absolute atomic E-state index is 13.2. The van der Waals surface area contributed by atoms with Gasteiger partial charge in [0, 0.05) is 23.0 Å². The molecular formula is C60H50O6. The zero-order valence-electron chi connectivity index (χ0n) is 37.4. The van der Waals surface area contributed by atoms with Gasteiger partial charge in [0.15, 0.2) is 0 Å². The quantitative estimate of drug-likeness (QED) is 0.135. The fraction of sp³-hybridized carbons (Fsp3) is 0.133. The summed E-state index contributed by atoms with van der Waals surface area (Å²) in [7, 11) is 6.68. The van der Waals surface area contributed by atoms with Crippen molar-refractivity contribution < 1.29 is 29.2 Å². The molecule has 0 saturated carbocycles. The highest BCUT2D eigenvalue weighted by atomic mass is 16.5. The van der Waals surface area contributed by atoms with Crippen molar-refractivity contribution in [3.05, 3.63) is 210 Å². The Bertz CT molecular complexity index is 3040. The van der Waals surface area contributed by atoms with Crippen LogP contribution in [0.15, 0.2) is 188 Å². The van der Waals surface area contributed by atoms with Gasteiger partial charge in [-0.2, -0.15) is 0 Å². The van der Waals surface area contributed by atoms with E-state index < -0.39 is 12.0 Å². The summed E-state index contributed by atoms with van der Waals surface area (Å²) in [5.41, 5.74) is 13.5. The molecule has 0 aliphatic heterocycles. The molecule has 3 atom stereocenters. The van der Waals surface area contributed by atoms with Crippen LogP contribution in [0.2, 0.25) is 0 Å². The number of aliphatic hydroxyl groups is 1. The Hall–Kier alpha value is -7.80. The van der Waals surface area contributed by atoms with Gasteiger partial charge >= 0.3 is 0 Å². The van der Waals surface area contributed by atoms with Crippen LogP contribution in [-0.4, -0.2) is 44.8 Å². The van der Waals surface area contributed by atoms with E-state index in [1.54, 1.807) is 28.4 Å². The molecule has 0 saturated heterocycles. The summed E-state index contributed by atoms with van der Waals surface area (Å²) in [6.45, 7) is 0. The van der Waals surface area contributed by atoms with Gasteiger partial charge in [-0.3, -0.25) is 0 Å². The van der Waals surface area contributed by atoms with Crippen molar-refractivity contribution in [2.24, 2.45) is 0 Å². The van der Waals surface area contributed by atoms with Gasteiger partial charge in [-0.25, -0.2) is 0 Å². The summed E-state index contributed by atoms with van der Waals surface area (Å²) in [5.74, 6) is 2.38. The molecule has 0 aromatic heterocycles. The van der Waals surface area contributed by atoms with Crippen molar-refractivity contribution in [1.29, 1.82) is 0 Å². The number of aliphatic hydroxyl groups excluding tert-OH is 1. The van der Waals surface area contributed by atoms with E-state index in [0.29, 0.717) is 17.5 Å². The van der Waals surface area contributed by atoms with E-state index >= 15 is 0 Å². The first-order valence-corrected chi connectivity index (χ1v) is 22.2. The molecule has 0 fully saturated rings. The van der Waals surface area contributed by atoms with Crippen molar-refractivity contribution >= 4 is 10.8 Å². The SMILES string of the molecule is COc1ccc(-c2cc(-c3ccc(OC)cc3)cc(-c3cc4ccccc4c(C4c5ccccc5C[C@@H](c5cc(-c6ccc(OC)cc6)cc(-c6ccc(OC)cc6)c5)[C@H]4O)c3O)c2)cc1. The standard InChI is InChI=1S/C60H50O6/c1-63-49-21-13-37(14-22-49)43-29-44(38-15-23-50(64-2)24-16-38)32-47(31-43)55-35-41-9-5-7-11-53(41)57(59(55)61)58-54-12-8-6-10-42(54)36-56(60(58)62)48-33-45(39-17-25-51(65-3)26-18-39)30-46(34-48)40-19-27-52(66-4)28-20-40/h5-35,56,58,60-62H,36H2,1-4H3/t56-,58?,60+/m0/s1. The van der Waals surface area contributed by atoms with Crippen LogP contribution < -0.4 is 18.9 Å². The van der Waals surface area contributed by atoms with Gasteiger partial charge < -0.3 is 29.2 Å².